The molecule has 0 aliphatic carbocycles. The molecule has 248 valence electrons. The molecule has 0 saturated carbocycles. The summed E-state index contributed by atoms with van der Waals surface area (Å²) in [4.78, 5) is 15.7. The number of rotatable bonds is 6. The Bertz CT molecular complexity index is 2890. The van der Waals surface area contributed by atoms with E-state index in [0.717, 1.165) is 61.1 Å². The summed E-state index contributed by atoms with van der Waals surface area (Å²) in [5.41, 5.74) is 10.5. The van der Waals surface area contributed by atoms with Crippen molar-refractivity contribution in [3.63, 3.8) is 0 Å². The van der Waals surface area contributed by atoms with E-state index in [4.69, 9.17) is 15.0 Å². The zero-order valence-electron chi connectivity index (χ0n) is 28.8. The topological polar surface area (TPSA) is 43.6 Å². The van der Waals surface area contributed by atoms with Crippen molar-refractivity contribution in [3.8, 4) is 62.1 Å². The summed E-state index contributed by atoms with van der Waals surface area (Å²) >= 11 is 0. The number of benzene rings is 8. The molecule has 0 amide bonds. The summed E-state index contributed by atoms with van der Waals surface area (Å²) in [6.45, 7) is 0. The Kier molecular flexibility index (Phi) is 7.43. The van der Waals surface area contributed by atoms with Gasteiger partial charge in [0, 0.05) is 27.5 Å². The first-order valence-corrected chi connectivity index (χ1v) is 17.9. The first-order chi connectivity index (χ1) is 26.3. The zero-order chi connectivity index (χ0) is 35.1. The van der Waals surface area contributed by atoms with Gasteiger partial charge in [0.25, 0.3) is 0 Å². The smallest absolute Gasteiger partial charge is 0.166 e. The van der Waals surface area contributed by atoms with Crippen LogP contribution in [0.4, 0.5) is 0 Å². The molecule has 10 aromatic rings. The van der Waals surface area contributed by atoms with E-state index in [2.05, 4.69) is 193 Å². The van der Waals surface area contributed by atoms with Gasteiger partial charge in [-0.05, 0) is 69.4 Å². The molecule has 0 spiro atoms. The van der Waals surface area contributed by atoms with E-state index in [1.165, 1.54) is 16.2 Å². The zero-order valence-corrected chi connectivity index (χ0v) is 28.8. The second-order valence-electron chi connectivity index (χ2n) is 13.3. The van der Waals surface area contributed by atoms with Crippen LogP contribution in [0.1, 0.15) is 0 Å². The van der Waals surface area contributed by atoms with Gasteiger partial charge < -0.3 is 4.57 Å². The monoisotopic (exact) mass is 676 g/mol. The van der Waals surface area contributed by atoms with Gasteiger partial charge in [0.15, 0.2) is 17.5 Å². The number of nitrogens with zero attached hydrogens (tertiary/aromatic N) is 4. The molecule has 4 heteroatoms. The number of hydrogen-bond acceptors (Lipinski definition) is 3. The molecule has 0 unspecified atom stereocenters. The quantitative estimate of drug-likeness (QED) is 0.176. The Morgan fingerprint density at radius 2 is 0.792 bits per heavy atom. The summed E-state index contributed by atoms with van der Waals surface area (Å²) < 4.78 is 2.36. The first kappa shape index (κ1) is 30.6. The van der Waals surface area contributed by atoms with Crippen LogP contribution in [-0.2, 0) is 0 Å². The van der Waals surface area contributed by atoms with Crippen molar-refractivity contribution in [2.45, 2.75) is 0 Å². The lowest BCUT2D eigenvalue weighted by Crippen LogP contribution is -2.04. The molecule has 0 radical (unpaired) electrons. The second-order valence-corrected chi connectivity index (χ2v) is 13.3. The molecule has 0 fully saturated rings. The van der Waals surface area contributed by atoms with Crippen molar-refractivity contribution in [3.05, 3.63) is 194 Å². The highest BCUT2D eigenvalue weighted by atomic mass is 15.1. The standard InChI is InChI=1S/C49H32N4/c1-3-14-33(15-4-1)37-20-13-21-39(30-37)47-50-48(40-27-26-35-18-7-8-19-36(35)31-40)52-49(51-47)43-29-28-38(34-16-5-2-6-17-34)32-46(43)53-44-24-11-9-22-41(44)42-23-10-12-25-45(42)53/h1-32H. The van der Waals surface area contributed by atoms with Gasteiger partial charge in [0.1, 0.15) is 0 Å². The average Bonchev–Trinajstić information content (AvgIpc) is 3.58. The molecular weight excluding hydrogens is 645 g/mol. The molecular formula is C49H32N4. The van der Waals surface area contributed by atoms with Crippen LogP contribution in [0.3, 0.4) is 0 Å². The Balaban J connectivity index is 1.25. The molecule has 2 heterocycles. The molecule has 0 aliphatic rings. The Morgan fingerprint density at radius 1 is 0.302 bits per heavy atom. The third-order valence-electron chi connectivity index (χ3n) is 10.0. The third-order valence-corrected chi connectivity index (χ3v) is 10.0. The van der Waals surface area contributed by atoms with E-state index < -0.39 is 0 Å². The average molecular weight is 677 g/mol. The number of para-hydroxylation sites is 2. The Hall–Kier alpha value is -7.17. The van der Waals surface area contributed by atoms with E-state index in [0.29, 0.717) is 17.5 Å². The maximum absolute atomic E-state index is 5.29. The first-order valence-electron chi connectivity index (χ1n) is 17.9. The molecule has 0 bridgehead atoms. The largest absolute Gasteiger partial charge is 0.308 e. The molecule has 0 atom stereocenters. The molecule has 2 aromatic heterocycles. The second kappa shape index (κ2) is 12.9. The van der Waals surface area contributed by atoms with Crippen molar-refractivity contribution < 1.29 is 0 Å². The van der Waals surface area contributed by atoms with Gasteiger partial charge in [-0.2, -0.15) is 0 Å². The van der Waals surface area contributed by atoms with E-state index in [-0.39, 0.29) is 0 Å². The van der Waals surface area contributed by atoms with E-state index in [1.807, 2.05) is 6.07 Å². The number of aromatic nitrogens is 4. The minimum Gasteiger partial charge on any atom is -0.308 e. The summed E-state index contributed by atoms with van der Waals surface area (Å²) in [7, 11) is 0. The van der Waals surface area contributed by atoms with Crippen molar-refractivity contribution in [1.29, 1.82) is 0 Å². The fourth-order valence-electron chi connectivity index (χ4n) is 7.45. The predicted octanol–water partition coefficient (Wildman–Crippen LogP) is 12.5. The van der Waals surface area contributed by atoms with Crippen LogP contribution in [0, 0.1) is 0 Å². The Labute approximate surface area is 307 Å². The van der Waals surface area contributed by atoms with Crippen molar-refractivity contribution in [2.75, 3.05) is 0 Å². The van der Waals surface area contributed by atoms with E-state index in [1.54, 1.807) is 0 Å². The Morgan fingerprint density at radius 3 is 1.47 bits per heavy atom. The van der Waals surface area contributed by atoms with Gasteiger partial charge in [-0.15, -0.1) is 0 Å². The van der Waals surface area contributed by atoms with Crippen molar-refractivity contribution >= 4 is 32.6 Å². The third kappa shape index (κ3) is 5.54. The lowest BCUT2D eigenvalue weighted by atomic mass is 10.0. The van der Waals surface area contributed by atoms with Gasteiger partial charge in [0.05, 0.1) is 16.7 Å². The predicted molar refractivity (Wildman–Crippen MR) is 219 cm³/mol. The highest BCUT2D eigenvalue weighted by Gasteiger charge is 2.20. The van der Waals surface area contributed by atoms with Gasteiger partial charge in [-0.25, -0.2) is 15.0 Å². The van der Waals surface area contributed by atoms with Crippen LogP contribution < -0.4 is 0 Å². The van der Waals surface area contributed by atoms with E-state index >= 15 is 0 Å². The number of hydrogen-bond donors (Lipinski definition) is 0. The summed E-state index contributed by atoms with van der Waals surface area (Å²) in [5, 5.41) is 4.71. The maximum atomic E-state index is 5.29. The van der Waals surface area contributed by atoms with Crippen LogP contribution in [0.5, 0.6) is 0 Å². The SMILES string of the molecule is c1ccc(-c2cccc(-c3nc(-c4ccc5ccccc5c4)nc(-c4ccc(-c5ccccc5)cc4-n4c5ccccc5c5ccccc54)n3)c2)cc1. The molecule has 0 N–H and O–H groups in total. The highest BCUT2D eigenvalue weighted by Crippen LogP contribution is 2.38. The molecule has 0 saturated heterocycles. The fraction of sp³-hybridized carbons (Fsp3) is 0. The lowest BCUT2D eigenvalue weighted by Gasteiger charge is -2.16. The summed E-state index contributed by atoms with van der Waals surface area (Å²) in [6, 6.07) is 68.1. The molecule has 4 nitrogen and oxygen atoms in total. The minimum atomic E-state index is 0.611. The summed E-state index contributed by atoms with van der Waals surface area (Å²) in [5.74, 6) is 1.86. The normalized spacial score (nSPS) is 11.4. The molecule has 0 aliphatic heterocycles. The maximum Gasteiger partial charge on any atom is 0.166 e. The van der Waals surface area contributed by atoms with Crippen molar-refractivity contribution in [1.82, 2.24) is 19.5 Å². The van der Waals surface area contributed by atoms with E-state index in [9.17, 15) is 0 Å². The lowest BCUT2D eigenvalue weighted by molar-refractivity contribution is 1.07. The van der Waals surface area contributed by atoms with Crippen molar-refractivity contribution in [2.24, 2.45) is 0 Å². The van der Waals surface area contributed by atoms with Crippen LogP contribution in [0.15, 0.2) is 194 Å². The molecule has 8 aromatic carbocycles. The highest BCUT2D eigenvalue weighted by molar-refractivity contribution is 6.09. The number of fused-ring (bicyclic) bond motifs is 4. The molecule has 10 rings (SSSR count). The van der Waals surface area contributed by atoms with Crippen LogP contribution in [0.25, 0.3) is 94.7 Å². The van der Waals surface area contributed by atoms with Crippen LogP contribution in [-0.4, -0.2) is 19.5 Å². The summed E-state index contributed by atoms with van der Waals surface area (Å²) in [6.07, 6.45) is 0. The van der Waals surface area contributed by atoms with Gasteiger partial charge in [0.2, 0.25) is 0 Å². The fourth-order valence-corrected chi connectivity index (χ4v) is 7.45. The van der Waals surface area contributed by atoms with Gasteiger partial charge in [-0.1, -0.05) is 158 Å². The van der Waals surface area contributed by atoms with Gasteiger partial charge >= 0.3 is 0 Å². The molecule has 53 heavy (non-hydrogen) atoms. The van der Waals surface area contributed by atoms with Crippen LogP contribution in [0.2, 0.25) is 0 Å². The van der Waals surface area contributed by atoms with Gasteiger partial charge in [-0.3, -0.25) is 0 Å². The minimum absolute atomic E-state index is 0.611. The van der Waals surface area contributed by atoms with Crippen LogP contribution >= 0.6 is 0 Å².